The molecule has 1 N–H and O–H groups in total. The molecule has 1 fully saturated rings. The average molecular weight is 455 g/mol. The predicted molar refractivity (Wildman–Crippen MR) is 112 cm³/mol. The zero-order chi connectivity index (χ0) is 21.7. The van der Waals surface area contributed by atoms with Gasteiger partial charge in [-0.15, -0.1) is 0 Å². The Labute approximate surface area is 179 Å². The molecule has 7 nitrogen and oxygen atoms in total. The minimum absolute atomic E-state index is 0.0137. The molecule has 2 aromatic carbocycles. The highest BCUT2D eigenvalue weighted by molar-refractivity contribution is 7.89. The number of morpholine rings is 1. The van der Waals surface area contributed by atoms with Crippen LogP contribution in [0.1, 0.15) is 5.56 Å². The Balaban J connectivity index is 1.80. The minimum Gasteiger partial charge on any atom is -0.495 e. The molecule has 0 spiro atoms. The number of nitrogens with zero attached hydrogens (tertiary/aromatic N) is 1. The van der Waals surface area contributed by atoms with E-state index in [1.54, 1.807) is 6.07 Å². The fraction of sp³-hybridized carbons (Fsp3) is 0.250. The van der Waals surface area contributed by atoms with E-state index in [2.05, 4.69) is 5.32 Å². The van der Waals surface area contributed by atoms with Gasteiger partial charge < -0.3 is 14.8 Å². The summed E-state index contributed by atoms with van der Waals surface area (Å²) in [5, 5.41) is 2.45. The zero-order valence-corrected chi connectivity index (χ0v) is 17.7. The normalized spacial score (nSPS) is 15.3. The highest BCUT2D eigenvalue weighted by atomic mass is 35.5. The van der Waals surface area contributed by atoms with Gasteiger partial charge in [-0.3, -0.25) is 4.79 Å². The van der Waals surface area contributed by atoms with Crippen molar-refractivity contribution in [2.45, 2.75) is 4.90 Å². The molecule has 0 aromatic heterocycles. The standard InChI is InChI=1S/C20H20ClFN2O5S/c1-28-18-6-2-14(12-19(18)30(26,27)24-8-10-29-11-9-24)3-7-20(25)23-15-4-5-17(22)16(21)13-15/h2-7,12-13H,8-11H2,1H3,(H,23,25). The molecular weight excluding hydrogens is 435 g/mol. The number of carbonyl (C=O) groups excluding carboxylic acids is 1. The van der Waals surface area contributed by atoms with Gasteiger partial charge in [0, 0.05) is 24.9 Å². The first kappa shape index (κ1) is 22.2. The average Bonchev–Trinajstić information content (AvgIpc) is 2.75. The summed E-state index contributed by atoms with van der Waals surface area (Å²) >= 11 is 5.70. The number of anilines is 1. The maximum absolute atomic E-state index is 13.2. The number of benzene rings is 2. The first-order chi connectivity index (χ1) is 14.3. The Morgan fingerprint density at radius 1 is 1.23 bits per heavy atom. The van der Waals surface area contributed by atoms with Crippen LogP contribution in [0.3, 0.4) is 0 Å². The van der Waals surface area contributed by atoms with Crippen LogP contribution in [0.15, 0.2) is 47.4 Å². The molecule has 1 aliphatic rings. The summed E-state index contributed by atoms with van der Waals surface area (Å²) in [6, 6.07) is 8.44. The van der Waals surface area contributed by atoms with Crippen LogP contribution in [0.4, 0.5) is 10.1 Å². The lowest BCUT2D eigenvalue weighted by Crippen LogP contribution is -2.40. The summed E-state index contributed by atoms with van der Waals surface area (Å²) in [6.45, 7) is 1.17. The van der Waals surface area contributed by atoms with Gasteiger partial charge in [0.1, 0.15) is 16.5 Å². The molecule has 0 radical (unpaired) electrons. The lowest BCUT2D eigenvalue weighted by molar-refractivity contribution is -0.111. The molecule has 0 aliphatic carbocycles. The van der Waals surface area contributed by atoms with E-state index in [1.807, 2.05) is 0 Å². The van der Waals surface area contributed by atoms with E-state index >= 15 is 0 Å². The van der Waals surface area contributed by atoms with E-state index in [9.17, 15) is 17.6 Å². The number of halogens is 2. The molecule has 3 rings (SSSR count). The van der Waals surface area contributed by atoms with Gasteiger partial charge in [0.2, 0.25) is 15.9 Å². The van der Waals surface area contributed by atoms with Gasteiger partial charge in [0.25, 0.3) is 0 Å². The Bertz CT molecular complexity index is 1070. The van der Waals surface area contributed by atoms with Gasteiger partial charge in [-0.2, -0.15) is 4.31 Å². The van der Waals surface area contributed by atoms with E-state index < -0.39 is 21.7 Å². The molecule has 0 bridgehead atoms. The number of hydrogen-bond acceptors (Lipinski definition) is 5. The number of methoxy groups -OCH3 is 1. The number of rotatable bonds is 6. The van der Waals surface area contributed by atoms with Crippen molar-refractivity contribution in [2.75, 3.05) is 38.7 Å². The second kappa shape index (κ2) is 9.57. The number of carbonyl (C=O) groups is 1. The van der Waals surface area contributed by atoms with Gasteiger partial charge in [-0.05, 0) is 42.0 Å². The second-order valence-electron chi connectivity index (χ2n) is 6.38. The van der Waals surface area contributed by atoms with Crippen molar-refractivity contribution in [1.29, 1.82) is 0 Å². The van der Waals surface area contributed by atoms with E-state index in [-0.39, 0.29) is 28.8 Å². The van der Waals surface area contributed by atoms with Crippen molar-refractivity contribution in [3.8, 4) is 5.75 Å². The van der Waals surface area contributed by atoms with Crippen LogP contribution >= 0.6 is 11.6 Å². The van der Waals surface area contributed by atoms with Crippen molar-refractivity contribution in [3.05, 3.63) is 58.9 Å². The molecule has 1 amide bonds. The summed E-state index contributed by atoms with van der Waals surface area (Å²) in [5.74, 6) is -0.854. The number of ether oxygens (including phenoxy) is 2. The van der Waals surface area contributed by atoms with Crippen LogP contribution in [-0.4, -0.2) is 52.0 Å². The van der Waals surface area contributed by atoms with Crippen molar-refractivity contribution in [3.63, 3.8) is 0 Å². The first-order valence-electron chi connectivity index (χ1n) is 9.01. The van der Waals surface area contributed by atoms with Gasteiger partial charge in [-0.25, -0.2) is 12.8 Å². The Kier molecular flexibility index (Phi) is 7.09. The maximum atomic E-state index is 13.2. The van der Waals surface area contributed by atoms with Gasteiger partial charge in [-0.1, -0.05) is 17.7 Å². The first-order valence-corrected chi connectivity index (χ1v) is 10.8. The maximum Gasteiger partial charge on any atom is 0.248 e. The summed E-state index contributed by atoms with van der Waals surface area (Å²) < 4.78 is 51.0. The molecule has 10 heteroatoms. The van der Waals surface area contributed by atoms with Crippen LogP contribution in [0.5, 0.6) is 5.75 Å². The van der Waals surface area contributed by atoms with Crippen LogP contribution in [0.2, 0.25) is 5.02 Å². The Hall–Kier alpha value is -2.46. The van der Waals surface area contributed by atoms with Gasteiger partial charge in [0.05, 0.1) is 25.3 Å². The SMILES string of the molecule is COc1ccc(C=CC(=O)Nc2ccc(F)c(Cl)c2)cc1S(=O)(=O)N1CCOCC1. The summed E-state index contributed by atoms with van der Waals surface area (Å²) in [7, 11) is -2.39. The molecule has 0 unspecified atom stereocenters. The number of amides is 1. The number of nitrogens with one attached hydrogen (secondary N) is 1. The van der Waals surface area contributed by atoms with Gasteiger partial charge >= 0.3 is 0 Å². The fourth-order valence-electron chi connectivity index (χ4n) is 2.85. The fourth-order valence-corrected chi connectivity index (χ4v) is 4.63. The van der Waals surface area contributed by atoms with Crippen molar-refractivity contribution in [1.82, 2.24) is 4.31 Å². The van der Waals surface area contributed by atoms with Crippen LogP contribution < -0.4 is 10.1 Å². The largest absolute Gasteiger partial charge is 0.495 e. The molecule has 160 valence electrons. The second-order valence-corrected chi connectivity index (χ2v) is 8.69. The lowest BCUT2D eigenvalue weighted by Gasteiger charge is -2.26. The molecule has 1 heterocycles. The van der Waals surface area contributed by atoms with Crippen LogP contribution in [0.25, 0.3) is 6.08 Å². The number of hydrogen-bond donors (Lipinski definition) is 1. The van der Waals surface area contributed by atoms with E-state index in [0.29, 0.717) is 24.5 Å². The smallest absolute Gasteiger partial charge is 0.248 e. The van der Waals surface area contributed by atoms with Crippen LogP contribution in [-0.2, 0) is 19.6 Å². The Morgan fingerprint density at radius 2 is 1.97 bits per heavy atom. The highest BCUT2D eigenvalue weighted by Gasteiger charge is 2.29. The van der Waals surface area contributed by atoms with E-state index in [4.69, 9.17) is 21.1 Å². The molecule has 1 saturated heterocycles. The lowest BCUT2D eigenvalue weighted by atomic mass is 10.2. The summed E-state index contributed by atoms with van der Waals surface area (Å²) in [4.78, 5) is 12.1. The summed E-state index contributed by atoms with van der Waals surface area (Å²) in [6.07, 6.45) is 2.71. The summed E-state index contributed by atoms with van der Waals surface area (Å²) in [5.41, 5.74) is 0.830. The van der Waals surface area contributed by atoms with Crippen LogP contribution in [0, 0.1) is 5.82 Å². The molecule has 1 aliphatic heterocycles. The molecule has 0 atom stereocenters. The third kappa shape index (κ3) is 5.17. The molecule has 0 saturated carbocycles. The Morgan fingerprint density at radius 3 is 2.63 bits per heavy atom. The number of sulfonamides is 1. The molecule has 2 aromatic rings. The monoisotopic (exact) mass is 454 g/mol. The third-order valence-electron chi connectivity index (χ3n) is 4.39. The van der Waals surface area contributed by atoms with Crippen molar-refractivity contribution >= 4 is 39.3 Å². The molecule has 30 heavy (non-hydrogen) atoms. The zero-order valence-electron chi connectivity index (χ0n) is 16.1. The van der Waals surface area contributed by atoms with E-state index in [0.717, 1.165) is 6.07 Å². The van der Waals surface area contributed by atoms with E-state index in [1.165, 1.54) is 47.8 Å². The molecular formula is C20H20ClFN2O5S. The van der Waals surface area contributed by atoms with Gasteiger partial charge in [0.15, 0.2) is 0 Å². The quantitative estimate of drug-likeness (QED) is 0.678. The third-order valence-corrected chi connectivity index (χ3v) is 6.60. The minimum atomic E-state index is -3.78. The van der Waals surface area contributed by atoms with Crippen molar-refractivity contribution < 1.29 is 27.1 Å². The highest BCUT2D eigenvalue weighted by Crippen LogP contribution is 2.29. The predicted octanol–water partition coefficient (Wildman–Crippen LogP) is 3.16. The van der Waals surface area contributed by atoms with Crippen molar-refractivity contribution in [2.24, 2.45) is 0 Å². The topological polar surface area (TPSA) is 84.9 Å².